The molecule has 1 heterocycles. The van der Waals surface area contributed by atoms with Gasteiger partial charge in [0.25, 0.3) is 0 Å². The van der Waals surface area contributed by atoms with Gasteiger partial charge in [0.15, 0.2) is 0 Å². The number of hydrogen-bond acceptors (Lipinski definition) is 1. The molecule has 15 heavy (non-hydrogen) atoms. The van der Waals surface area contributed by atoms with Gasteiger partial charge in [-0.3, -0.25) is 4.98 Å². The maximum atomic E-state index is 4.40. The first-order valence-corrected chi connectivity index (χ1v) is 5.34. The van der Waals surface area contributed by atoms with Crippen LogP contribution < -0.4 is 0 Å². The Hall–Kier alpha value is -1.37. The smallest absolute Gasteiger partial charge is 0.0731 e. The SMILES string of the molecule is Cc1cc(C(C)(C)C)cc2cccnc12. The van der Waals surface area contributed by atoms with Crippen LogP contribution in [-0.4, -0.2) is 4.98 Å². The summed E-state index contributed by atoms with van der Waals surface area (Å²) in [5, 5.41) is 1.24. The average Bonchev–Trinajstić information content (AvgIpc) is 2.16. The Morgan fingerprint density at radius 3 is 2.53 bits per heavy atom. The van der Waals surface area contributed by atoms with Gasteiger partial charge in [-0.25, -0.2) is 0 Å². The fourth-order valence-electron chi connectivity index (χ4n) is 1.81. The van der Waals surface area contributed by atoms with Gasteiger partial charge in [-0.05, 0) is 35.6 Å². The summed E-state index contributed by atoms with van der Waals surface area (Å²) >= 11 is 0. The number of fused-ring (bicyclic) bond motifs is 1. The summed E-state index contributed by atoms with van der Waals surface area (Å²) in [7, 11) is 0. The van der Waals surface area contributed by atoms with E-state index in [0.29, 0.717) is 0 Å². The molecule has 0 unspecified atom stereocenters. The van der Waals surface area contributed by atoms with E-state index in [9.17, 15) is 0 Å². The third-order valence-electron chi connectivity index (χ3n) is 2.76. The van der Waals surface area contributed by atoms with Gasteiger partial charge in [-0.2, -0.15) is 0 Å². The summed E-state index contributed by atoms with van der Waals surface area (Å²) < 4.78 is 0. The normalized spacial score (nSPS) is 12.0. The maximum absolute atomic E-state index is 4.40. The molecule has 1 aromatic carbocycles. The first-order chi connectivity index (χ1) is 6.98. The van der Waals surface area contributed by atoms with Crippen LogP contribution in [0, 0.1) is 6.92 Å². The summed E-state index contributed by atoms with van der Waals surface area (Å²) in [6.07, 6.45) is 1.85. The van der Waals surface area contributed by atoms with Crippen molar-refractivity contribution in [1.29, 1.82) is 0 Å². The highest BCUT2D eigenvalue weighted by Crippen LogP contribution is 2.27. The van der Waals surface area contributed by atoms with E-state index in [1.54, 1.807) is 0 Å². The number of nitrogens with zero attached hydrogens (tertiary/aromatic N) is 1. The summed E-state index contributed by atoms with van der Waals surface area (Å²) in [6, 6.07) is 8.61. The highest BCUT2D eigenvalue weighted by atomic mass is 14.6. The molecule has 0 aliphatic rings. The van der Waals surface area contributed by atoms with Crippen molar-refractivity contribution >= 4 is 10.9 Å². The van der Waals surface area contributed by atoms with Crippen LogP contribution in [-0.2, 0) is 5.41 Å². The highest BCUT2D eigenvalue weighted by Gasteiger charge is 2.14. The molecule has 1 aromatic heterocycles. The monoisotopic (exact) mass is 199 g/mol. The van der Waals surface area contributed by atoms with Crippen LogP contribution in [0.3, 0.4) is 0 Å². The van der Waals surface area contributed by atoms with E-state index in [1.807, 2.05) is 12.3 Å². The van der Waals surface area contributed by atoms with Crippen LogP contribution >= 0.6 is 0 Å². The van der Waals surface area contributed by atoms with Gasteiger partial charge in [0.2, 0.25) is 0 Å². The van der Waals surface area contributed by atoms with Crippen LogP contribution in [0.2, 0.25) is 0 Å². The molecule has 0 bridgehead atoms. The standard InChI is InChI=1S/C14H17N/c1-10-8-12(14(2,3)4)9-11-6-5-7-15-13(10)11/h5-9H,1-4H3. The zero-order valence-corrected chi connectivity index (χ0v) is 9.83. The van der Waals surface area contributed by atoms with Crippen LogP contribution in [0.4, 0.5) is 0 Å². The molecule has 0 fully saturated rings. The molecule has 78 valence electrons. The van der Waals surface area contributed by atoms with Crippen molar-refractivity contribution in [1.82, 2.24) is 4.98 Å². The molecule has 0 aliphatic heterocycles. The molecule has 0 spiro atoms. The van der Waals surface area contributed by atoms with Crippen LogP contribution in [0.25, 0.3) is 10.9 Å². The van der Waals surface area contributed by atoms with Crippen molar-refractivity contribution in [2.24, 2.45) is 0 Å². The van der Waals surface area contributed by atoms with Crippen molar-refractivity contribution in [3.8, 4) is 0 Å². The van der Waals surface area contributed by atoms with E-state index in [0.717, 1.165) is 5.52 Å². The van der Waals surface area contributed by atoms with E-state index < -0.39 is 0 Å². The van der Waals surface area contributed by atoms with E-state index >= 15 is 0 Å². The summed E-state index contributed by atoms with van der Waals surface area (Å²) in [5.41, 5.74) is 3.96. The Morgan fingerprint density at radius 2 is 1.87 bits per heavy atom. The third kappa shape index (κ3) is 1.87. The largest absolute Gasteiger partial charge is 0.256 e. The lowest BCUT2D eigenvalue weighted by Crippen LogP contribution is -2.11. The summed E-state index contributed by atoms with van der Waals surface area (Å²) in [5.74, 6) is 0. The second-order valence-corrected chi connectivity index (χ2v) is 5.12. The Balaban J connectivity index is 2.73. The van der Waals surface area contributed by atoms with Gasteiger partial charge >= 0.3 is 0 Å². The minimum atomic E-state index is 0.203. The van der Waals surface area contributed by atoms with Crippen molar-refractivity contribution in [3.05, 3.63) is 41.6 Å². The Bertz CT molecular complexity index is 492. The van der Waals surface area contributed by atoms with Crippen LogP contribution in [0.1, 0.15) is 31.9 Å². The first-order valence-electron chi connectivity index (χ1n) is 5.34. The molecular weight excluding hydrogens is 182 g/mol. The molecular formula is C14H17N. The maximum Gasteiger partial charge on any atom is 0.0731 e. The average molecular weight is 199 g/mol. The molecule has 2 aromatic rings. The molecule has 1 heteroatoms. The number of pyridine rings is 1. The lowest BCUT2D eigenvalue weighted by atomic mass is 9.85. The lowest BCUT2D eigenvalue weighted by Gasteiger charge is -2.20. The van der Waals surface area contributed by atoms with Gasteiger partial charge in [0, 0.05) is 11.6 Å². The lowest BCUT2D eigenvalue weighted by molar-refractivity contribution is 0.590. The number of hydrogen-bond donors (Lipinski definition) is 0. The van der Waals surface area contributed by atoms with Crippen LogP contribution in [0.5, 0.6) is 0 Å². The minimum Gasteiger partial charge on any atom is -0.256 e. The Morgan fingerprint density at radius 1 is 1.13 bits per heavy atom. The van der Waals surface area contributed by atoms with E-state index in [4.69, 9.17) is 0 Å². The first kappa shape index (κ1) is 10.2. The van der Waals surface area contributed by atoms with Gasteiger partial charge in [-0.15, -0.1) is 0 Å². The number of benzene rings is 1. The Labute approximate surface area is 91.2 Å². The quantitative estimate of drug-likeness (QED) is 0.628. The molecule has 0 amide bonds. The molecule has 2 rings (SSSR count). The fourth-order valence-corrected chi connectivity index (χ4v) is 1.81. The zero-order valence-electron chi connectivity index (χ0n) is 9.83. The minimum absolute atomic E-state index is 0.203. The van der Waals surface area contributed by atoms with E-state index in [1.165, 1.54) is 16.5 Å². The number of aromatic nitrogens is 1. The number of aryl methyl sites for hydroxylation is 1. The molecule has 0 atom stereocenters. The molecule has 0 radical (unpaired) electrons. The second-order valence-electron chi connectivity index (χ2n) is 5.12. The van der Waals surface area contributed by atoms with Gasteiger partial charge in [0.05, 0.1) is 5.52 Å². The highest BCUT2D eigenvalue weighted by molar-refractivity contribution is 5.82. The molecule has 0 saturated heterocycles. The zero-order chi connectivity index (χ0) is 11.1. The molecule has 0 saturated carbocycles. The van der Waals surface area contributed by atoms with Crippen molar-refractivity contribution < 1.29 is 0 Å². The third-order valence-corrected chi connectivity index (χ3v) is 2.76. The number of rotatable bonds is 0. The predicted molar refractivity (Wildman–Crippen MR) is 65.2 cm³/mol. The van der Waals surface area contributed by atoms with Crippen LogP contribution in [0.15, 0.2) is 30.5 Å². The Kier molecular flexibility index (Phi) is 2.26. The second kappa shape index (κ2) is 3.34. The topological polar surface area (TPSA) is 12.9 Å². The van der Waals surface area contributed by atoms with E-state index in [2.05, 4.69) is 50.9 Å². The van der Waals surface area contributed by atoms with Crippen molar-refractivity contribution in [2.45, 2.75) is 33.1 Å². The van der Waals surface area contributed by atoms with Crippen molar-refractivity contribution in [3.63, 3.8) is 0 Å². The molecule has 0 aliphatic carbocycles. The van der Waals surface area contributed by atoms with Crippen molar-refractivity contribution in [2.75, 3.05) is 0 Å². The van der Waals surface area contributed by atoms with Gasteiger partial charge < -0.3 is 0 Å². The molecule has 0 N–H and O–H groups in total. The van der Waals surface area contributed by atoms with Gasteiger partial charge in [-0.1, -0.05) is 32.9 Å². The van der Waals surface area contributed by atoms with E-state index in [-0.39, 0.29) is 5.41 Å². The summed E-state index contributed by atoms with van der Waals surface area (Å²) in [6.45, 7) is 8.85. The molecule has 1 nitrogen and oxygen atoms in total. The fraction of sp³-hybridized carbons (Fsp3) is 0.357. The summed E-state index contributed by atoms with van der Waals surface area (Å²) in [4.78, 5) is 4.40. The van der Waals surface area contributed by atoms with Gasteiger partial charge in [0.1, 0.15) is 0 Å². The predicted octanol–water partition coefficient (Wildman–Crippen LogP) is 3.84.